The van der Waals surface area contributed by atoms with E-state index in [0.717, 1.165) is 9.56 Å². The molecule has 1 aromatic rings. The molecule has 0 atom stereocenters. The molecule has 1 fully saturated rings. The molecule has 2 heterocycles. The van der Waals surface area contributed by atoms with Gasteiger partial charge in [0.1, 0.15) is 0 Å². The molecule has 0 amide bonds. The topological polar surface area (TPSA) is 16.1 Å². The zero-order valence-electron chi connectivity index (χ0n) is 6.79. The Bertz CT molecular complexity index is 255. The highest BCUT2D eigenvalue weighted by Gasteiger charge is 2.12. The molecule has 1 aliphatic rings. The summed E-state index contributed by atoms with van der Waals surface area (Å²) in [6.45, 7) is 3.66. The van der Waals surface area contributed by atoms with Crippen molar-refractivity contribution >= 4 is 33.9 Å². The van der Waals surface area contributed by atoms with E-state index < -0.39 is 0 Å². The number of hydrogen-bond acceptors (Lipinski definition) is 3. The van der Waals surface area contributed by atoms with Crippen LogP contribution in [0.1, 0.15) is 17.7 Å². The second-order valence-electron chi connectivity index (χ2n) is 3.06. The molecule has 1 aliphatic heterocycles. The second kappa shape index (κ2) is 4.02. The fourth-order valence-electron chi connectivity index (χ4n) is 1.52. The Balaban J connectivity index is 1.94. The van der Waals surface area contributed by atoms with Crippen LogP contribution in [0.25, 0.3) is 0 Å². The summed E-state index contributed by atoms with van der Waals surface area (Å²) in [5.74, 6) is 0. The van der Waals surface area contributed by atoms with Gasteiger partial charge in [-0.25, -0.2) is 4.98 Å². The first-order valence-electron chi connectivity index (χ1n) is 4.17. The summed E-state index contributed by atoms with van der Waals surface area (Å²) in [7, 11) is 0. The van der Waals surface area contributed by atoms with E-state index in [1.54, 1.807) is 0 Å². The van der Waals surface area contributed by atoms with Crippen LogP contribution in [0, 0.1) is 3.01 Å². The van der Waals surface area contributed by atoms with Gasteiger partial charge in [-0.05, 0) is 48.5 Å². The van der Waals surface area contributed by atoms with Crippen molar-refractivity contribution in [2.24, 2.45) is 0 Å². The number of likely N-dealkylation sites (tertiary alicyclic amines) is 1. The van der Waals surface area contributed by atoms with Crippen LogP contribution in [0.3, 0.4) is 0 Å². The van der Waals surface area contributed by atoms with Crippen LogP contribution in [0.5, 0.6) is 0 Å². The van der Waals surface area contributed by atoms with Crippen LogP contribution >= 0.6 is 33.9 Å². The fraction of sp³-hybridized carbons (Fsp3) is 0.625. The maximum atomic E-state index is 4.24. The number of halogens is 1. The van der Waals surface area contributed by atoms with Gasteiger partial charge in [-0.1, -0.05) is 0 Å². The number of nitrogens with zero attached hydrogens (tertiary/aromatic N) is 2. The molecule has 1 aromatic heterocycles. The predicted octanol–water partition coefficient (Wildman–Crippen LogP) is 2.34. The van der Waals surface area contributed by atoms with Crippen molar-refractivity contribution in [3.63, 3.8) is 0 Å². The highest BCUT2D eigenvalue weighted by atomic mass is 127. The first-order chi connectivity index (χ1) is 5.84. The Hall–Kier alpha value is 0.320. The van der Waals surface area contributed by atoms with Gasteiger partial charge < -0.3 is 0 Å². The minimum Gasteiger partial charge on any atom is -0.298 e. The first kappa shape index (κ1) is 8.90. The second-order valence-corrected chi connectivity index (χ2v) is 5.93. The lowest BCUT2D eigenvalue weighted by molar-refractivity contribution is 0.334. The molecule has 12 heavy (non-hydrogen) atoms. The molecular formula is C8H11IN2S. The van der Waals surface area contributed by atoms with Crippen molar-refractivity contribution in [3.05, 3.63) is 14.1 Å². The van der Waals surface area contributed by atoms with Gasteiger partial charge in [-0.3, -0.25) is 4.90 Å². The number of hydrogen-bond donors (Lipinski definition) is 0. The highest BCUT2D eigenvalue weighted by Crippen LogP contribution is 2.18. The van der Waals surface area contributed by atoms with Gasteiger partial charge >= 0.3 is 0 Å². The molecule has 0 aromatic carbocycles. The van der Waals surface area contributed by atoms with E-state index in [0.29, 0.717) is 0 Å². The maximum absolute atomic E-state index is 4.24. The molecule has 2 nitrogen and oxygen atoms in total. The molecule has 4 heteroatoms. The van der Waals surface area contributed by atoms with Crippen molar-refractivity contribution in [2.45, 2.75) is 19.4 Å². The fourth-order valence-corrected chi connectivity index (χ4v) is 3.18. The van der Waals surface area contributed by atoms with Crippen LogP contribution in [-0.4, -0.2) is 23.0 Å². The molecule has 2 rings (SSSR count). The van der Waals surface area contributed by atoms with Crippen molar-refractivity contribution in [1.82, 2.24) is 9.88 Å². The standard InChI is InChI=1S/C8H11IN2S/c9-8-10-5-7(12-8)6-11-3-1-2-4-11/h5H,1-4,6H2. The number of aromatic nitrogens is 1. The normalized spacial score (nSPS) is 18.8. The molecule has 0 radical (unpaired) electrons. The van der Waals surface area contributed by atoms with Gasteiger partial charge in [-0.15, -0.1) is 11.3 Å². The summed E-state index contributed by atoms with van der Waals surface area (Å²) in [6.07, 6.45) is 4.75. The lowest BCUT2D eigenvalue weighted by atomic mass is 10.4. The van der Waals surface area contributed by atoms with E-state index in [1.807, 2.05) is 17.5 Å². The average molecular weight is 294 g/mol. The third-order valence-corrected chi connectivity index (χ3v) is 3.81. The van der Waals surface area contributed by atoms with Crippen molar-refractivity contribution in [1.29, 1.82) is 0 Å². The molecular weight excluding hydrogens is 283 g/mol. The third kappa shape index (κ3) is 2.17. The summed E-state index contributed by atoms with van der Waals surface area (Å²) >= 11 is 4.08. The Kier molecular flexibility index (Phi) is 2.98. The van der Waals surface area contributed by atoms with E-state index in [1.165, 1.54) is 30.8 Å². The first-order valence-corrected chi connectivity index (χ1v) is 6.07. The van der Waals surface area contributed by atoms with Crippen LogP contribution in [0.4, 0.5) is 0 Å². The monoisotopic (exact) mass is 294 g/mol. The van der Waals surface area contributed by atoms with Gasteiger partial charge in [0, 0.05) is 17.6 Å². The third-order valence-electron chi connectivity index (χ3n) is 2.10. The van der Waals surface area contributed by atoms with Crippen molar-refractivity contribution in [2.75, 3.05) is 13.1 Å². The van der Waals surface area contributed by atoms with Crippen LogP contribution < -0.4 is 0 Å². The van der Waals surface area contributed by atoms with E-state index in [-0.39, 0.29) is 0 Å². The Morgan fingerprint density at radius 2 is 2.25 bits per heavy atom. The summed E-state index contributed by atoms with van der Waals surface area (Å²) in [5, 5.41) is 0. The Morgan fingerprint density at radius 1 is 1.50 bits per heavy atom. The molecule has 0 bridgehead atoms. The average Bonchev–Trinajstić information content (AvgIpc) is 2.63. The summed E-state index contributed by atoms with van der Waals surface area (Å²) in [4.78, 5) is 8.14. The smallest absolute Gasteiger partial charge is 0.154 e. The van der Waals surface area contributed by atoms with Crippen molar-refractivity contribution in [3.8, 4) is 0 Å². The summed E-state index contributed by atoms with van der Waals surface area (Å²) in [6, 6.07) is 0. The van der Waals surface area contributed by atoms with Crippen molar-refractivity contribution < 1.29 is 0 Å². The number of rotatable bonds is 2. The number of thiazole rings is 1. The van der Waals surface area contributed by atoms with Crippen LogP contribution in [0.2, 0.25) is 0 Å². The predicted molar refractivity (Wildman–Crippen MR) is 59.3 cm³/mol. The zero-order chi connectivity index (χ0) is 8.39. The molecule has 0 saturated carbocycles. The van der Waals surface area contributed by atoms with E-state index in [2.05, 4.69) is 32.5 Å². The van der Waals surface area contributed by atoms with Gasteiger partial charge in [0.25, 0.3) is 0 Å². The van der Waals surface area contributed by atoms with Crippen LogP contribution in [-0.2, 0) is 6.54 Å². The molecule has 66 valence electrons. The van der Waals surface area contributed by atoms with E-state index >= 15 is 0 Å². The minimum atomic E-state index is 1.11. The van der Waals surface area contributed by atoms with Gasteiger partial charge in [0.2, 0.25) is 0 Å². The van der Waals surface area contributed by atoms with Gasteiger partial charge in [0.05, 0.1) is 0 Å². The molecule has 0 spiro atoms. The quantitative estimate of drug-likeness (QED) is 0.778. The largest absolute Gasteiger partial charge is 0.298 e. The van der Waals surface area contributed by atoms with E-state index in [9.17, 15) is 0 Å². The van der Waals surface area contributed by atoms with E-state index in [4.69, 9.17) is 0 Å². The zero-order valence-corrected chi connectivity index (χ0v) is 9.77. The lowest BCUT2D eigenvalue weighted by Crippen LogP contribution is -2.17. The Labute approximate surface area is 90.1 Å². The molecule has 1 saturated heterocycles. The molecule has 0 aliphatic carbocycles. The highest BCUT2D eigenvalue weighted by molar-refractivity contribution is 14.1. The van der Waals surface area contributed by atoms with Crippen LogP contribution in [0.15, 0.2) is 6.20 Å². The summed E-state index contributed by atoms with van der Waals surface area (Å²) in [5.41, 5.74) is 0. The van der Waals surface area contributed by atoms with Gasteiger partial charge in [0.15, 0.2) is 3.01 Å². The maximum Gasteiger partial charge on any atom is 0.154 e. The molecule has 0 N–H and O–H groups in total. The Morgan fingerprint density at radius 3 is 2.83 bits per heavy atom. The lowest BCUT2D eigenvalue weighted by Gasteiger charge is -2.11. The SMILES string of the molecule is Ic1ncc(CN2CCCC2)s1. The van der Waals surface area contributed by atoms with Gasteiger partial charge in [-0.2, -0.15) is 0 Å². The molecule has 0 unspecified atom stereocenters. The minimum absolute atomic E-state index is 1.11. The summed E-state index contributed by atoms with van der Waals surface area (Å²) < 4.78 is 1.15.